The van der Waals surface area contributed by atoms with Crippen LogP contribution in [0.1, 0.15) is 34.6 Å². The molecule has 0 heterocycles. The third kappa shape index (κ3) is 2.19. The van der Waals surface area contributed by atoms with Gasteiger partial charge in [-0.25, -0.2) is 0 Å². The van der Waals surface area contributed by atoms with Gasteiger partial charge in [0.05, 0.1) is 18.7 Å². The van der Waals surface area contributed by atoms with Crippen molar-refractivity contribution in [1.29, 1.82) is 0 Å². The Morgan fingerprint density at radius 1 is 1.11 bits per heavy atom. The monoisotopic (exact) mass is 262 g/mol. The highest BCUT2D eigenvalue weighted by molar-refractivity contribution is 6.35. The minimum absolute atomic E-state index is 0.0741. The average Bonchev–Trinajstić information content (AvgIpc) is 2.34. The van der Waals surface area contributed by atoms with Crippen molar-refractivity contribution in [3.8, 4) is 0 Å². The van der Waals surface area contributed by atoms with Crippen LogP contribution in [0, 0.1) is 22.7 Å². The maximum atomic E-state index is 12.3. The van der Waals surface area contributed by atoms with Gasteiger partial charge in [-0.15, -0.1) is 0 Å². The molecule has 0 spiro atoms. The highest BCUT2D eigenvalue weighted by Crippen LogP contribution is 2.41. The lowest BCUT2D eigenvalue weighted by Crippen LogP contribution is -2.59. The van der Waals surface area contributed by atoms with Gasteiger partial charge in [0.1, 0.15) is 5.92 Å². The van der Waals surface area contributed by atoms with E-state index in [1.54, 1.807) is 6.92 Å². The van der Waals surface area contributed by atoms with Crippen LogP contribution >= 0.6 is 0 Å². The van der Waals surface area contributed by atoms with Crippen LogP contribution in [-0.4, -0.2) is 31.0 Å². The summed E-state index contributed by atoms with van der Waals surface area (Å²) in [6.07, 6.45) is 0.0741. The van der Waals surface area contributed by atoms with Crippen molar-refractivity contribution >= 4 is 31.0 Å². The van der Waals surface area contributed by atoms with Crippen LogP contribution in [0.25, 0.3) is 0 Å². The molecule has 1 aliphatic carbocycles. The average molecular weight is 262 g/mol. The van der Waals surface area contributed by atoms with Crippen molar-refractivity contribution in [2.75, 3.05) is 0 Å². The van der Waals surface area contributed by atoms with Crippen molar-refractivity contribution in [3.63, 3.8) is 0 Å². The Hall–Kier alpha value is -1.26. The molecule has 2 radical (unpaired) electrons. The van der Waals surface area contributed by atoms with Crippen LogP contribution in [0.3, 0.4) is 0 Å². The first kappa shape index (κ1) is 15.8. The molecule has 0 aromatic rings. The summed E-state index contributed by atoms with van der Waals surface area (Å²) in [6.45, 7) is 7.47. The number of Topliss-reactive ketones (excluding diaryl/α,β-unsaturated/α-hetero) is 4. The second-order valence-electron chi connectivity index (χ2n) is 6.28. The number of hydrogen-bond donors (Lipinski definition) is 0. The molecular formula is C14H19BO4. The zero-order valence-electron chi connectivity index (χ0n) is 12.1. The summed E-state index contributed by atoms with van der Waals surface area (Å²) in [5.74, 6) is -4.05. The van der Waals surface area contributed by atoms with Crippen LogP contribution in [0.2, 0.25) is 6.32 Å². The van der Waals surface area contributed by atoms with E-state index in [2.05, 4.69) is 0 Å². The lowest BCUT2D eigenvalue weighted by molar-refractivity contribution is -0.162. The van der Waals surface area contributed by atoms with Gasteiger partial charge in [-0.2, -0.15) is 0 Å². The van der Waals surface area contributed by atoms with Crippen molar-refractivity contribution in [2.45, 2.75) is 40.9 Å². The fraction of sp³-hybridized carbons (Fsp3) is 0.714. The largest absolute Gasteiger partial charge is 0.298 e. The third-order valence-corrected chi connectivity index (χ3v) is 4.02. The molecule has 102 valence electrons. The van der Waals surface area contributed by atoms with Crippen molar-refractivity contribution in [2.24, 2.45) is 22.7 Å². The predicted molar refractivity (Wildman–Crippen MR) is 70.8 cm³/mol. The van der Waals surface area contributed by atoms with Gasteiger partial charge in [0, 0.05) is 5.92 Å². The van der Waals surface area contributed by atoms with E-state index in [1.807, 2.05) is 0 Å². The van der Waals surface area contributed by atoms with E-state index in [1.165, 1.54) is 27.7 Å². The number of ketones is 4. The number of hydrogen-bond acceptors (Lipinski definition) is 4. The molecule has 1 atom stereocenters. The molecule has 0 aromatic heterocycles. The first-order chi connectivity index (χ1) is 8.49. The maximum Gasteiger partial charge on any atom is 0.163 e. The van der Waals surface area contributed by atoms with Crippen molar-refractivity contribution < 1.29 is 19.2 Å². The van der Waals surface area contributed by atoms with Gasteiger partial charge < -0.3 is 0 Å². The molecule has 0 aromatic carbocycles. The summed E-state index contributed by atoms with van der Waals surface area (Å²) in [5.41, 5.74) is -2.63. The van der Waals surface area contributed by atoms with E-state index in [4.69, 9.17) is 7.85 Å². The van der Waals surface area contributed by atoms with Gasteiger partial charge >= 0.3 is 0 Å². The molecule has 5 heteroatoms. The van der Waals surface area contributed by atoms with Crippen molar-refractivity contribution in [1.82, 2.24) is 0 Å². The fourth-order valence-corrected chi connectivity index (χ4v) is 2.50. The van der Waals surface area contributed by atoms with Crippen molar-refractivity contribution in [3.05, 3.63) is 0 Å². The molecule has 0 amide bonds. The molecule has 0 N–H and O–H groups in total. The molecule has 0 saturated heterocycles. The summed E-state index contributed by atoms with van der Waals surface area (Å²) < 4.78 is 0. The molecule has 0 bridgehead atoms. The lowest BCUT2D eigenvalue weighted by atomic mass is 9.57. The van der Waals surface area contributed by atoms with Crippen LogP contribution in [0.4, 0.5) is 0 Å². The smallest absolute Gasteiger partial charge is 0.163 e. The Balaban J connectivity index is 3.33. The first-order valence-corrected chi connectivity index (χ1v) is 6.37. The summed E-state index contributed by atoms with van der Waals surface area (Å²) in [6, 6.07) is 0. The van der Waals surface area contributed by atoms with Crippen LogP contribution in [0.15, 0.2) is 0 Å². The predicted octanol–water partition coefficient (Wildman–Crippen LogP) is 1.17. The van der Waals surface area contributed by atoms with Gasteiger partial charge in [0.2, 0.25) is 0 Å². The summed E-state index contributed by atoms with van der Waals surface area (Å²) >= 11 is 0. The zero-order chi connectivity index (χ0) is 15.2. The Morgan fingerprint density at radius 3 is 1.79 bits per heavy atom. The van der Waals surface area contributed by atoms with E-state index < -0.39 is 45.8 Å². The lowest BCUT2D eigenvalue weighted by Gasteiger charge is -2.40. The van der Waals surface area contributed by atoms with Crippen LogP contribution in [-0.2, 0) is 19.2 Å². The Bertz CT molecular complexity index is 432. The Kier molecular flexibility index (Phi) is 3.90. The van der Waals surface area contributed by atoms with Gasteiger partial charge in [-0.05, 0) is 27.7 Å². The molecule has 1 saturated carbocycles. The zero-order valence-corrected chi connectivity index (χ0v) is 12.1. The molecular weight excluding hydrogens is 243 g/mol. The van der Waals surface area contributed by atoms with E-state index >= 15 is 0 Å². The summed E-state index contributed by atoms with van der Waals surface area (Å²) in [7, 11) is 5.42. The Morgan fingerprint density at radius 2 is 1.47 bits per heavy atom. The molecule has 1 unspecified atom stereocenters. The van der Waals surface area contributed by atoms with E-state index in [0.717, 1.165) is 0 Å². The third-order valence-electron chi connectivity index (χ3n) is 4.02. The second-order valence-corrected chi connectivity index (χ2v) is 6.28. The highest BCUT2D eigenvalue weighted by atomic mass is 16.2. The SMILES string of the molecule is [B]CC(C)C(=O)C1C(=O)C(C)(C)C(=O)C(C)(C)C1=O. The highest BCUT2D eigenvalue weighted by Gasteiger charge is 2.59. The number of carbonyl (C=O) groups is 4. The van der Waals surface area contributed by atoms with E-state index in [0.29, 0.717) is 0 Å². The van der Waals surface area contributed by atoms with Gasteiger partial charge in [0.25, 0.3) is 0 Å². The molecule has 4 nitrogen and oxygen atoms in total. The van der Waals surface area contributed by atoms with E-state index in [-0.39, 0.29) is 6.32 Å². The number of rotatable bonds is 3. The van der Waals surface area contributed by atoms with Gasteiger partial charge in [-0.1, -0.05) is 13.2 Å². The Labute approximate surface area is 114 Å². The molecule has 1 aliphatic rings. The normalized spacial score (nSPS) is 24.4. The standard InChI is InChI=1S/C14H19BO4/c1-7(6-15)9(16)8-10(17)13(2,3)12(19)14(4,5)11(8)18/h7-8H,6H2,1-5H3. The fourth-order valence-electron chi connectivity index (χ4n) is 2.50. The first-order valence-electron chi connectivity index (χ1n) is 6.37. The molecule has 0 aliphatic heterocycles. The van der Waals surface area contributed by atoms with E-state index in [9.17, 15) is 19.2 Å². The van der Waals surface area contributed by atoms with Crippen LogP contribution in [0.5, 0.6) is 0 Å². The number of carbonyl (C=O) groups excluding carboxylic acids is 4. The van der Waals surface area contributed by atoms with Gasteiger partial charge in [-0.3, -0.25) is 19.2 Å². The maximum absolute atomic E-state index is 12.3. The molecule has 1 rings (SSSR count). The topological polar surface area (TPSA) is 68.3 Å². The van der Waals surface area contributed by atoms with Gasteiger partial charge in [0.15, 0.2) is 23.1 Å². The summed E-state index contributed by atoms with van der Waals surface area (Å²) in [5, 5.41) is 0. The minimum Gasteiger partial charge on any atom is -0.298 e. The minimum atomic E-state index is -1.36. The summed E-state index contributed by atoms with van der Waals surface area (Å²) in [4.78, 5) is 49.0. The molecule has 19 heavy (non-hydrogen) atoms. The van der Waals surface area contributed by atoms with Crippen LogP contribution < -0.4 is 0 Å². The quantitative estimate of drug-likeness (QED) is 0.565. The molecule has 1 fully saturated rings. The second kappa shape index (κ2) is 4.69.